The predicted octanol–water partition coefficient (Wildman–Crippen LogP) is 15.7. The van der Waals surface area contributed by atoms with E-state index in [-0.39, 0.29) is 10.8 Å². The van der Waals surface area contributed by atoms with Crippen LogP contribution in [0.2, 0.25) is 0 Å². The summed E-state index contributed by atoms with van der Waals surface area (Å²) < 4.78 is 12.8. The Morgan fingerprint density at radius 2 is 0.949 bits per heavy atom. The van der Waals surface area contributed by atoms with Crippen LogP contribution in [0.25, 0.3) is 77.6 Å². The third kappa shape index (κ3) is 4.88. The van der Waals surface area contributed by atoms with E-state index in [1.165, 1.54) is 49.9 Å². The Morgan fingerprint density at radius 1 is 0.373 bits per heavy atom. The highest BCUT2D eigenvalue weighted by molar-refractivity contribution is 6.06. The number of para-hydroxylation sites is 2. The molecule has 0 radical (unpaired) electrons. The number of hydrogen-bond donors (Lipinski definition) is 0. The maximum atomic E-state index is 6.65. The molecular weight excluding hydrogens is 719 g/mol. The first-order chi connectivity index (χ1) is 28.8. The highest BCUT2D eigenvalue weighted by Gasteiger charge is 2.41. The predicted molar refractivity (Wildman–Crippen MR) is 244 cm³/mol. The van der Waals surface area contributed by atoms with Crippen molar-refractivity contribution in [2.45, 2.75) is 38.5 Å². The molecule has 0 atom stereocenters. The topological polar surface area (TPSA) is 29.5 Å². The molecule has 0 unspecified atom stereocenters. The molecule has 0 saturated heterocycles. The summed E-state index contributed by atoms with van der Waals surface area (Å²) in [4.78, 5) is 2.40. The van der Waals surface area contributed by atoms with Gasteiger partial charge in [0, 0.05) is 55.2 Å². The maximum absolute atomic E-state index is 6.65. The lowest BCUT2D eigenvalue weighted by Gasteiger charge is -2.28. The van der Waals surface area contributed by atoms with Gasteiger partial charge >= 0.3 is 0 Å². The van der Waals surface area contributed by atoms with Crippen LogP contribution in [0, 0.1) is 0 Å². The Labute approximate surface area is 343 Å². The fourth-order valence-corrected chi connectivity index (χ4v) is 10.3. The second-order valence-corrected chi connectivity index (χ2v) is 17.3. The molecule has 0 saturated carbocycles. The van der Waals surface area contributed by atoms with Crippen molar-refractivity contribution in [1.29, 1.82) is 0 Å². The van der Waals surface area contributed by atoms with E-state index in [1.54, 1.807) is 0 Å². The van der Waals surface area contributed by atoms with E-state index in [2.05, 4.69) is 196 Å². The van der Waals surface area contributed by atoms with E-state index < -0.39 is 0 Å². The molecule has 3 nitrogen and oxygen atoms in total. The molecule has 2 aromatic heterocycles. The van der Waals surface area contributed by atoms with Crippen LogP contribution in [0.3, 0.4) is 0 Å². The fourth-order valence-electron chi connectivity index (χ4n) is 10.3. The van der Waals surface area contributed by atoms with Crippen LogP contribution in [0.15, 0.2) is 185 Å². The van der Waals surface area contributed by atoms with Gasteiger partial charge in [-0.2, -0.15) is 0 Å². The molecule has 12 rings (SSSR count). The first-order valence-electron chi connectivity index (χ1n) is 20.6. The first kappa shape index (κ1) is 34.0. The van der Waals surface area contributed by atoms with Crippen molar-refractivity contribution in [1.82, 2.24) is 0 Å². The van der Waals surface area contributed by atoms with Gasteiger partial charge in [0.25, 0.3) is 0 Å². The minimum absolute atomic E-state index is 0.117. The second-order valence-electron chi connectivity index (χ2n) is 17.3. The fraction of sp³-hybridized carbons (Fsp3) is 0.107. The zero-order valence-electron chi connectivity index (χ0n) is 33.5. The summed E-state index contributed by atoms with van der Waals surface area (Å²) in [5.41, 5.74) is 19.6. The first-order valence-corrected chi connectivity index (χ1v) is 20.6. The van der Waals surface area contributed by atoms with Crippen molar-refractivity contribution in [3.63, 3.8) is 0 Å². The summed E-state index contributed by atoms with van der Waals surface area (Å²) in [6, 6.07) is 63.9. The lowest BCUT2D eigenvalue weighted by molar-refractivity contribution is 0.619. The lowest BCUT2D eigenvalue weighted by atomic mass is 9.81. The Kier molecular flexibility index (Phi) is 7.03. The molecule has 282 valence electrons. The number of fused-ring (bicyclic) bond motifs is 11. The van der Waals surface area contributed by atoms with Gasteiger partial charge in [0.05, 0.1) is 0 Å². The van der Waals surface area contributed by atoms with Gasteiger partial charge in [0.1, 0.15) is 22.5 Å². The standard InChI is InChI=1S/C56H41NO2/c1-55(2)46-16-8-5-12-41(46)42-30-29-39(33-48(42)55)57(37-25-20-34(21-26-37)36-24-31-51-45(32-36)43-13-6-9-18-49(43)58-51)38-27-22-35(23-28-38)40-15-11-17-47-52(40)54-53(56(47,3)4)44-14-7-10-19-50(44)59-54/h5-33H,1-4H3. The van der Waals surface area contributed by atoms with Crippen LogP contribution in [-0.2, 0) is 10.8 Å². The van der Waals surface area contributed by atoms with Crippen LogP contribution in [0.4, 0.5) is 17.1 Å². The number of furan rings is 2. The van der Waals surface area contributed by atoms with Gasteiger partial charge in [0.15, 0.2) is 0 Å². The van der Waals surface area contributed by atoms with Crippen molar-refractivity contribution in [3.8, 4) is 44.7 Å². The Balaban J connectivity index is 0.972. The van der Waals surface area contributed by atoms with E-state index >= 15 is 0 Å². The normalized spacial score (nSPS) is 14.4. The summed E-state index contributed by atoms with van der Waals surface area (Å²) >= 11 is 0. The lowest BCUT2D eigenvalue weighted by Crippen LogP contribution is -2.16. The number of rotatable bonds is 5. The molecule has 0 fully saturated rings. The van der Waals surface area contributed by atoms with E-state index in [4.69, 9.17) is 8.83 Å². The van der Waals surface area contributed by atoms with Crippen LogP contribution in [-0.4, -0.2) is 0 Å². The third-order valence-corrected chi connectivity index (χ3v) is 13.3. The van der Waals surface area contributed by atoms with Gasteiger partial charge in [-0.05, 0) is 111 Å². The minimum atomic E-state index is -0.171. The quantitative estimate of drug-likeness (QED) is 0.175. The van der Waals surface area contributed by atoms with Crippen LogP contribution in [0.5, 0.6) is 0 Å². The van der Waals surface area contributed by atoms with Crippen molar-refractivity contribution in [2.24, 2.45) is 0 Å². The van der Waals surface area contributed by atoms with Gasteiger partial charge in [-0.1, -0.05) is 143 Å². The molecule has 0 spiro atoms. The Morgan fingerprint density at radius 3 is 1.73 bits per heavy atom. The van der Waals surface area contributed by atoms with Crippen LogP contribution >= 0.6 is 0 Å². The molecule has 0 amide bonds. The smallest absolute Gasteiger partial charge is 0.140 e. The molecule has 0 aliphatic heterocycles. The number of benzene rings is 8. The highest BCUT2D eigenvalue weighted by Crippen LogP contribution is 2.56. The van der Waals surface area contributed by atoms with Crippen molar-refractivity contribution >= 4 is 50.0 Å². The summed E-state index contributed by atoms with van der Waals surface area (Å²) in [5.74, 6) is 0.995. The summed E-state index contributed by atoms with van der Waals surface area (Å²) in [6.07, 6.45) is 0. The molecule has 8 aromatic carbocycles. The Bertz CT molecular complexity index is 3320. The molecule has 0 N–H and O–H groups in total. The van der Waals surface area contributed by atoms with E-state index in [1.807, 2.05) is 12.1 Å². The second kappa shape index (κ2) is 12.2. The van der Waals surface area contributed by atoms with Crippen LogP contribution < -0.4 is 4.90 Å². The molecule has 2 aliphatic rings. The zero-order chi connectivity index (χ0) is 39.6. The third-order valence-electron chi connectivity index (χ3n) is 13.3. The SMILES string of the molecule is CC1(C)c2ccccc2-c2ccc(N(c3ccc(-c4ccc5oc6ccccc6c5c4)cc3)c3ccc(-c4cccc5c4-c4oc6ccccc6c4C5(C)C)cc3)cc21. The molecular formula is C56H41NO2. The number of anilines is 3. The van der Waals surface area contributed by atoms with Crippen molar-refractivity contribution in [2.75, 3.05) is 4.90 Å². The van der Waals surface area contributed by atoms with E-state index in [0.717, 1.165) is 67.0 Å². The highest BCUT2D eigenvalue weighted by atomic mass is 16.3. The van der Waals surface area contributed by atoms with E-state index in [9.17, 15) is 0 Å². The molecule has 59 heavy (non-hydrogen) atoms. The molecule has 2 aliphatic carbocycles. The summed E-state index contributed by atoms with van der Waals surface area (Å²) in [5, 5.41) is 3.47. The van der Waals surface area contributed by atoms with Gasteiger partial charge in [-0.25, -0.2) is 0 Å². The zero-order valence-corrected chi connectivity index (χ0v) is 33.5. The minimum Gasteiger partial charge on any atom is -0.456 e. The van der Waals surface area contributed by atoms with Gasteiger partial charge in [0.2, 0.25) is 0 Å². The Hall–Kier alpha value is -7.10. The van der Waals surface area contributed by atoms with Gasteiger partial charge < -0.3 is 13.7 Å². The average Bonchev–Trinajstić information content (AvgIpc) is 3.97. The molecule has 3 heteroatoms. The number of hydrogen-bond acceptors (Lipinski definition) is 3. The van der Waals surface area contributed by atoms with E-state index in [0.29, 0.717) is 0 Å². The average molecular weight is 760 g/mol. The summed E-state index contributed by atoms with van der Waals surface area (Å²) in [6.45, 7) is 9.35. The van der Waals surface area contributed by atoms with Crippen molar-refractivity contribution in [3.05, 3.63) is 198 Å². The monoisotopic (exact) mass is 759 g/mol. The molecule has 10 aromatic rings. The maximum Gasteiger partial charge on any atom is 0.140 e. The largest absolute Gasteiger partial charge is 0.456 e. The molecule has 0 bridgehead atoms. The van der Waals surface area contributed by atoms with Crippen LogP contribution in [0.1, 0.15) is 49.9 Å². The van der Waals surface area contributed by atoms with Gasteiger partial charge in [-0.3, -0.25) is 0 Å². The van der Waals surface area contributed by atoms with Crippen molar-refractivity contribution < 1.29 is 8.83 Å². The van der Waals surface area contributed by atoms with Gasteiger partial charge in [-0.15, -0.1) is 0 Å². The number of nitrogens with zero attached hydrogens (tertiary/aromatic N) is 1. The molecule has 2 heterocycles. The summed E-state index contributed by atoms with van der Waals surface area (Å²) in [7, 11) is 0.